The Morgan fingerprint density at radius 1 is 1.44 bits per heavy atom. The molecule has 1 N–H and O–H groups in total. The molecule has 0 aliphatic carbocycles. The van der Waals surface area contributed by atoms with E-state index in [9.17, 15) is 10.1 Å². The van der Waals surface area contributed by atoms with Gasteiger partial charge in [0.15, 0.2) is 5.82 Å². The molecule has 18 heavy (non-hydrogen) atoms. The predicted molar refractivity (Wildman–Crippen MR) is 59.6 cm³/mol. The average Bonchev–Trinajstić information content (AvgIpc) is 3.10. The number of nitro groups is 1. The van der Waals surface area contributed by atoms with E-state index in [0.717, 1.165) is 11.3 Å². The number of aromatic amines is 1. The molecule has 0 aliphatic heterocycles. The van der Waals surface area contributed by atoms with Crippen LogP contribution in [0.5, 0.6) is 0 Å². The minimum absolute atomic E-state index is 0.0180. The first-order valence-corrected chi connectivity index (χ1v) is 5.50. The van der Waals surface area contributed by atoms with Gasteiger partial charge >= 0.3 is 5.00 Å². The van der Waals surface area contributed by atoms with E-state index in [4.69, 9.17) is 4.52 Å². The van der Waals surface area contributed by atoms with E-state index in [1.807, 2.05) is 0 Å². The number of nitrogens with one attached hydrogen (secondary N) is 1. The molecule has 0 amide bonds. The van der Waals surface area contributed by atoms with Gasteiger partial charge in [0.2, 0.25) is 5.82 Å². The Bertz CT molecular complexity index is 687. The number of H-pyrrole nitrogens is 1. The summed E-state index contributed by atoms with van der Waals surface area (Å²) in [5.41, 5.74) is 0. The number of nitrogens with zero attached hydrogens (tertiary/aromatic N) is 5. The van der Waals surface area contributed by atoms with Crippen LogP contribution in [0.3, 0.4) is 0 Å². The minimum Gasteiger partial charge on any atom is -0.333 e. The van der Waals surface area contributed by atoms with E-state index >= 15 is 0 Å². The monoisotopic (exact) mass is 264 g/mol. The zero-order valence-corrected chi connectivity index (χ0v) is 9.42. The molecular weight excluding hydrogens is 260 g/mol. The molecule has 0 spiro atoms. The van der Waals surface area contributed by atoms with Crippen LogP contribution in [0.15, 0.2) is 23.0 Å². The van der Waals surface area contributed by atoms with Crippen molar-refractivity contribution in [2.45, 2.75) is 0 Å². The van der Waals surface area contributed by atoms with Crippen LogP contribution in [0.2, 0.25) is 0 Å². The minimum atomic E-state index is -0.470. The largest absolute Gasteiger partial charge is 0.333 e. The summed E-state index contributed by atoms with van der Waals surface area (Å²) < 4.78 is 5.01. The Kier molecular flexibility index (Phi) is 2.34. The Labute approximate surface area is 103 Å². The highest BCUT2D eigenvalue weighted by Crippen LogP contribution is 2.32. The van der Waals surface area contributed by atoms with Gasteiger partial charge in [-0.15, -0.1) is 0 Å². The van der Waals surface area contributed by atoms with Crippen molar-refractivity contribution in [3.05, 3.63) is 28.6 Å². The second-order valence-electron chi connectivity index (χ2n) is 3.15. The molecule has 3 rings (SSSR count). The molecule has 0 aliphatic rings. The zero-order chi connectivity index (χ0) is 12.5. The quantitative estimate of drug-likeness (QED) is 0.561. The van der Waals surface area contributed by atoms with Gasteiger partial charge in [0, 0.05) is 6.07 Å². The van der Waals surface area contributed by atoms with Crippen LogP contribution in [0.25, 0.3) is 22.4 Å². The summed E-state index contributed by atoms with van der Waals surface area (Å²) in [5, 5.41) is 20.5. The molecule has 90 valence electrons. The third-order valence-electron chi connectivity index (χ3n) is 2.04. The number of thiophene rings is 1. The maximum Gasteiger partial charge on any atom is 0.324 e. The van der Waals surface area contributed by atoms with Gasteiger partial charge in [0.25, 0.3) is 5.89 Å². The Morgan fingerprint density at radius 3 is 3.00 bits per heavy atom. The van der Waals surface area contributed by atoms with Crippen molar-refractivity contribution in [3.63, 3.8) is 0 Å². The number of hydrogen-bond acceptors (Lipinski definition) is 8. The van der Waals surface area contributed by atoms with E-state index in [0.29, 0.717) is 10.7 Å². The van der Waals surface area contributed by atoms with Crippen LogP contribution in [0.4, 0.5) is 5.00 Å². The standard InChI is InChI=1S/C8H4N6O3S/c15-14(16)5-2-1-4(18-5)8-11-7(13-17-8)6-9-3-10-12-6/h1-3H,(H,9,10,12). The lowest BCUT2D eigenvalue weighted by atomic mass is 10.4. The summed E-state index contributed by atoms with van der Waals surface area (Å²) in [6, 6.07) is 2.94. The molecule has 0 unspecified atom stereocenters. The highest BCUT2D eigenvalue weighted by atomic mass is 32.1. The topological polar surface area (TPSA) is 124 Å². The van der Waals surface area contributed by atoms with E-state index in [2.05, 4.69) is 25.3 Å². The molecule has 0 saturated carbocycles. The summed E-state index contributed by atoms with van der Waals surface area (Å²) in [6.07, 6.45) is 1.32. The first kappa shape index (κ1) is 10.5. The van der Waals surface area contributed by atoms with Crippen LogP contribution in [0.1, 0.15) is 0 Å². The fourth-order valence-electron chi connectivity index (χ4n) is 1.27. The van der Waals surface area contributed by atoms with Crippen LogP contribution < -0.4 is 0 Å². The van der Waals surface area contributed by atoms with Gasteiger partial charge in [-0.1, -0.05) is 16.5 Å². The van der Waals surface area contributed by atoms with Gasteiger partial charge in [-0.05, 0) is 6.07 Å². The van der Waals surface area contributed by atoms with Crippen molar-refractivity contribution in [1.82, 2.24) is 25.3 Å². The fraction of sp³-hybridized carbons (Fsp3) is 0. The first-order chi connectivity index (χ1) is 8.74. The van der Waals surface area contributed by atoms with Gasteiger partial charge in [-0.25, -0.2) is 4.98 Å². The SMILES string of the molecule is O=[N+]([O-])c1ccc(-c2nc(-c3ncn[nH]3)no2)s1. The Hall–Kier alpha value is -2.62. The second-order valence-corrected chi connectivity index (χ2v) is 4.21. The summed E-state index contributed by atoms with van der Waals surface area (Å²) in [4.78, 5) is 18.6. The average molecular weight is 264 g/mol. The molecule has 0 aromatic carbocycles. The third-order valence-corrected chi connectivity index (χ3v) is 3.06. The molecule has 3 heterocycles. The maximum atomic E-state index is 10.6. The highest BCUT2D eigenvalue weighted by molar-refractivity contribution is 7.18. The number of hydrogen-bond donors (Lipinski definition) is 1. The lowest BCUT2D eigenvalue weighted by Gasteiger charge is -1.83. The maximum absolute atomic E-state index is 10.6. The number of aromatic nitrogens is 5. The van der Waals surface area contributed by atoms with E-state index < -0.39 is 4.92 Å². The van der Waals surface area contributed by atoms with E-state index in [1.165, 1.54) is 12.4 Å². The van der Waals surface area contributed by atoms with Gasteiger partial charge in [-0.3, -0.25) is 15.2 Å². The summed E-state index contributed by atoms with van der Waals surface area (Å²) in [6.45, 7) is 0. The van der Waals surface area contributed by atoms with Crippen molar-refractivity contribution in [2.75, 3.05) is 0 Å². The summed E-state index contributed by atoms with van der Waals surface area (Å²) >= 11 is 0.963. The van der Waals surface area contributed by atoms with E-state index in [-0.39, 0.29) is 16.7 Å². The second kappa shape index (κ2) is 4.00. The molecule has 3 aromatic rings. The van der Waals surface area contributed by atoms with Crippen LogP contribution >= 0.6 is 11.3 Å². The summed E-state index contributed by atoms with van der Waals surface area (Å²) in [5.74, 6) is 0.828. The van der Waals surface area contributed by atoms with Crippen molar-refractivity contribution in [2.24, 2.45) is 0 Å². The lowest BCUT2D eigenvalue weighted by molar-refractivity contribution is -0.380. The van der Waals surface area contributed by atoms with Crippen molar-refractivity contribution in [3.8, 4) is 22.4 Å². The van der Waals surface area contributed by atoms with Gasteiger partial charge < -0.3 is 4.52 Å². The first-order valence-electron chi connectivity index (χ1n) is 4.68. The van der Waals surface area contributed by atoms with Crippen molar-refractivity contribution < 1.29 is 9.45 Å². The normalized spacial score (nSPS) is 10.7. The molecule has 0 bridgehead atoms. The third kappa shape index (κ3) is 1.73. The van der Waals surface area contributed by atoms with Gasteiger partial charge in [0.1, 0.15) is 6.33 Å². The fourth-order valence-corrected chi connectivity index (χ4v) is 2.02. The molecule has 0 radical (unpaired) electrons. The predicted octanol–water partition coefficient (Wildman–Crippen LogP) is 1.49. The molecule has 10 heteroatoms. The molecule has 9 nitrogen and oxygen atoms in total. The Morgan fingerprint density at radius 2 is 2.33 bits per heavy atom. The van der Waals surface area contributed by atoms with Gasteiger partial charge in [-0.2, -0.15) is 10.1 Å². The van der Waals surface area contributed by atoms with Crippen molar-refractivity contribution in [1.29, 1.82) is 0 Å². The van der Waals surface area contributed by atoms with Crippen LogP contribution in [0, 0.1) is 10.1 Å². The van der Waals surface area contributed by atoms with Crippen LogP contribution in [-0.2, 0) is 0 Å². The molecule has 0 saturated heterocycles. The smallest absolute Gasteiger partial charge is 0.324 e. The lowest BCUT2D eigenvalue weighted by Crippen LogP contribution is -1.82. The zero-order valence-electron chi connectivity index (χ0n) is 8.60. The number of rotatable bonds is 3. The van der Waals surface area contributed by atoms with Gasteiger partial charge in [0.05, 0.1) is 9.80 Å². The molecular formula is C8H4N6O3S. The summed E-state index contributed by atoms with van der Waals surface area (Å²) in [7, 11) is 0. The molecule has 3 aromatic heterocycles. The van der Waals surface area contributed by atoms with E-state index in [1.54, 1.807) is 6.07 Å². The Balaban J connectivity index is 1.95. The van der Waals surface area contributed by atoms with Crippen LogP contribution in [-0.4, -0.2) is 30.2 Å². The van der Waals surface area contributed by atoms with Crippen molar-refractivity contribution >= 4 is 16.3 Å². The highest BCUT2D eigenvalue weighted by Gasteiger charge is 2.17. The molecule has 0 atom stereocenters. The molecule has 0 fully saturated rings.